The van der Waals surface area contributed by atoms with Gasteiger partial charge >= 0.3 is 0 Å². The van der Waals surface area contributed by atoms with Crippen LogP contribution in [0.3, 0.4) is 0 Å². The van der Waals surface area contributed by atoms with E-state index >= 15 is 0 Å². The minimum atomic E-state index is 0.0141. The molecule has 6 nitrogen and oxygen atoms in total. The molecule has 0 fully saturated rings. The second-order valence-electron chi connectivity index (χ2n) is 7.67. The fourth-order valence-corrected chi connectivity index (χ4v) is 3.94. The molecule has 0 aliphatic carbocycles. The number of aromatic nitrogens is 1. The lowest BCUT2D eigenvalue weighted by atomic mass is 9.99. The zero-order chi connectivity index (χ0) is 20.5. The summed E-state index contributed by atoms with van der Waals surface area (Å²) in [5.74, 6) is 2.45. The normalized spacial score (nSPS) is 17.5. The number of pyridine rings is 1. The van der Waals surface area contributed by atoms with Crippen molar-refractivity contribution in [1.29, 1.82) is 0 Å². The number of ether oxygens (including phenoxy) is 2. The Morgan fingerprint density at radius 2 is 2.07 bits per heavy atom. The van der Waals surface area contributed by atoms with E-state index in [9.17, 15) is 4.79 Å². The number of aryl methyl sites for hydroxylation is 1. The van der Waals surface area contributed by atoms with Gasteiger partial charge in [-0.05, 0) is 65.8 Å². The summed E-state index contributed by atoms with van der Waals surface area (Å²) < 4.78 is 10.8. The molecular formula is C24H23N3O3. The molecule has 30 heavy (non-hydrogen) atoms. The fourth-order valence-electron chi connectivity index (χ4n) is 3.94. The summed E-state index contributed by atoms with van der Waals surface area (Å²) in [6.45, 7) is 5.52. The molecule has 0 unspecified atom stereocenters. The smallest absolute Gasteiger partial charge is 0.246 e. The van der Waals surface area contributed by atoms with Gasteiger partial charge in [0.15, 0.2) is 11.5 Å². The van der Waals surface area contributed by atoms with Crippen molar-refractivity contribution in [2.24, 2.45) is 0 Å². The lowest BCUT2D eigenvalue weighted by molar-refractivity contribution is -0.125. The van der Waals surface area contributed by atoms with Gasteiger partial charge < -0.3 is 19.7 Å². The molecule has 3 aliphatic rings. The van der Waals surface area contributed by atoms with Crippen molar-refractivity contribution in [3.05, 3.63) is 71.6 Å². The highest BCUT2D eigenvalue weighted by atomic mass is 16.7. The van der Waals surface area contributed by atoms with E-state index in [4.69, 9.17) is 9.47 Å². The van der Waals surface area contributed by atoms with Gasteiger partial charge in [0.1, 0.15) is 5.82 Å². The van der Waals surface area contributed by atoms with Gasteiger partial charge in [0.2, 0.25) is 12.7 Å². The van der Waals surface area contributed by atoms with Crippen LogP contribution in [0.4, 0.5) is 5.82 Å². The maximum Gasteiger partial charge on any atom is 0.246 e. The molecule has 6 heteroatoms. The summed E-state index contributed by atoms with van der Waals surface area (Å²) in [6.07, 6.45) is 10.0. The molecule has 1 amide bonds. The number of carbonyl (C=O) groups is 1. The average Bonchev–Trinajstić information content (AvgIpc) is 3.25. The van der Waals surface area contributed by atoms with Gasteiger partial charge in [-0.1, -0.05) is 18.7 Å². The Kier molecular flexibility index (Phi) is 4.75. The first kappa shape index (κ1) is 18.5. The first-order chi connectivity index (χ1) is 14.7. The molecule has 0 saturated carbocycles. The Balaban J connectivity index is 1.23. The van der Waals surface area contributed by atoms with E-state index in [1.165, 1.54) is 5.57 Å². The molecule has 152 valence electrons. The summed E-state index contributed by atoms with van der Waals surface area (Å²) in [4.78, 5) is 18.9. The number of nitrogens with zero attached hydrogens (tertiary/aromatic N) is 2. The molecular weight excluding hydrogens is 378 g/mol. The van der Waals surface area contributed by atoms with Gasteiger partial charge in [-0.3, -0.25) is 4.79 Å². The summed E-state index contributed by atoms with van der Waals surface area (Å²) in [6, 6.07) is 8.08. The number of benzene rings is 1. The first-order valence-corrected chi connectivity index (χ1v) is 10.2. The van der Waals surface area contributed by atoms with Crippen LogP contribution in [0.15, 0.2) is 54.9 Å². The van der Waals surface area contributed by atoms with Crippen LogP contribution in [0, 0.1) is 0 Å². The van der Waals surface area contributed by atoms with Gasteiger partial charge in [-0.25, -0.2) is 4.98 Å². The number of rotatable bonds is 3. The van der Waals surface area contributed by atoms with Crippen LogP contribution in [0.2, 0.25) is 0 Å². The summed E-state index contributed by atoms with van der Waals surface area (Å²) in [7, 11) is 0. The number of anilines is 1. The second kappa shape index (κ2) is 7.71. The van der Waals surface area contributed by atoms with E-state index < -0.39 is 0 Å². The topological polar surface area (TPSA) is 63.7 Å². The number of hydrogen-bond donors (Lipinski definition) is 1. The van der Waals surface area contributed by atoms with Crippen molar-refractivity contribution in [3.8, 4) is 11.5 Å². The third-order valence-electron chi connectivity index (χ3n) is 5.66. The number of hydrogen-bond acceptors (Lipinski definition) is 5. The van der Waals surface area contributed by atoms with Crippen LogP contribution in [-0.4, -0.2) is 35.7 Å². The van der Waals surface area contributed by atoms with E-state index in [0.717, 1.165) is 59.0 Å². The maximum absolute atomic E-state index is 12.6. The monoisotopic (exact) mass is 401 g/mol. The summed E-state index contributed by atoms with van der Waals surface area (Å²) in [5, 5.41) is 3.21. The molecule has 3 aliphatic heterocycles. The third kappa shape index (κ3) is 3.68. The fraction of sp³-hybridized carbons (Fsp3) is 0.250. The van der Waals surface area contributed by atoms with E-state index in [-0.39, 0.29) is 12.7 Å². The van der Waals surface area contributed by atoms with Crippen LogP contribution in [0.5, 0.6) is 11.5 Å². The van der Waals surface area contributed by atoms with E-state index in [1.807, 2.05) is 29.2 Å². The van der Waals surface area contributed by atoms with E-state index in [1.54, 1.807) is 12.3 Å². The van der Waals surface area contributed by atoms with Crippen molar-refractivity contribution >= 4 is 23.4 Å². The molecule has 5 rings (SSSR count). The van der Waals surface area contributed by atoms with Crippen molar-refractivity contribution in [2.45, 2.75) is 19.3 Å². The molecule has 0 bridgehead atoms. The highest BCUT2D eigenvalue weighted by Gasteiger charge is 2.19. The van der Waals surface area contributed by atoms with Crippen LogP contribution >= 0.6 is 0 Å². The minimum Gasteiger partial charge on any atom is -0.454 e. The zero-order valence-corrected chi connectivity index (χ0v) is 16.7. The Morgan fingerprint density at radius 3 is 2.93 bits per heavy atom. The Labute approximate surface area is 175 Å². The molecule has 0 atom stereocenters. The van der Waals surface area contributed by atoms with Crippen LogP contribution in [0.1, 0.15) is 29.5 Å². The predicted molar refractivity (Wildman–Crippen MR) is 116 cm³/mol. The van der Waals surface area contributed by atoms with E-state index in [0.29, 0.717) is 13.1 Å². The minimum absolute atomic E-state index is 0.0141. The van der Waals surface area contributed by atoms with Gasteiger partial charge in [0.05, 0.1) is 0 Å². The summed E-state index contributed by atoms with van der Waals surface area (Å²) >= 11 is 0. The zero-order valence-electron chi connectivity index (χ0n) is 16.7. The number of allylic oxidation sites excluding steroid dienone is 1. The SMILES string of the molecule is C=C1CCc2cc(/C=C/C(=O)N3CC=C(c4ccc5c(c4)OCO5)CC3)cnc2N1. The number of fused-ring (bicyclic) bond motifs is 2. The molecule has 1 N–H and O–H groups in total. The molecule has 4 heterocycles. The highest BCUT2D eigenvalue weighted by Crippen LogP contribution is 2.35. The van der Waals surface area contributed by atoms with Crippen LogP contribution in [-0.2, 0) is 11.2 Å². The Hall–Kier alpha value is -3.54. The van der Waals surface area contributed by atoms with Gasteiger partial charge in [0.25, 0.3) is 0 Å². The van der Waals surface area contributed by atoms with Crippen LogP contribution in [0.25, 0.3) is 11.6 Å². The van der Waals surface area contributed by atoms with Gasteiger partial charge in [-0.2, -0.15) is 0 Å². The molecule has 2 aromatic rings. The van der Waals surface area contributed by atoms with Crippen molar-refractivity contribution in [3.63, 3.8) is 0 Å². The average molecular weight is 401 g/mol. The van der Waals surface area contributed by atoms with E-state index in [2.05, 4.69) is 29.0 Å². The summed E-state index contributed by atoms with van der Waals surface area (Å²) in [5.41, 5.74) is 5.44. The lowest BCUT2D eigenvalue weighted by Gasteiger charge is -2.25. The predicted octanol–water partition coefficient (Wildman–Crippen LogP) is 4.01. The number of nitrogens with one attached hydrogen (secondary N) is 1. The van der Waals surface area contributed by atoms with Crippen molar-refractivity contribution in [2.75, 3.05) is 25.2 Å². The van der Waals surface area contributed by atoms with Crippen molar-refractivity contribution < 1.29 is 14.3 Å². The number of amides is 1. The molecule has 0 spiro atoms. The van der Waals surface area contributed by atoms with Crippen LogP contribution < -0.4 is 14.8 Å². The van der Waals surface area contributed by atoms with Crippen molar-refractivity contribution in [1.82, 2.24) is 9.88 Å². The van der Waals surface area contributed by atoms with Gasteiger partial charge in [-0.15, -0.1) is 0 Å². The number of carbonyl (C=O) groups excluding carboxylic acids is 1. The highest BCUT2D eigenvalue weighted by molar-refractivity contribution is 5.92. The molecule has 1 aromatic carbocycles. The van der Waals surface area contributed by atoms with Gasteiger partial charge in [0, 0.05) is 31.1 Å². The Bertz CT molecular complexity index is 1090. The molecule has 1 aromatic heterocycles. The Morgan fingerprint density at radius 1 is 1.17 bits per heavy atom. The second-order valence-corrected chi connectivity index (χ2v) is 7.67. The first-order valence-electron chi connectivity index (χ1n) is 10.2. The third-order valence-corrected chi connectivity index (χ3v) is 5.66. The largest absolute Gasteiger partial charge is 0.454 e. The molecule has 0 radical (unpaired) electrons. The quantitative estimate of drug-likeness (QED) is 0.788. The lowest BCUT2D eigenvalue weighted by Crippen LogP contribution is -2.33. The standard InChI is InChI=1S/C24H23N3O3/c1-16-2-4-20-12-17(14-25-24(20)26-16)3-7-23(28)27-10-8-18(9-11-27)19-5-6-21-22(13-19)30-15-29-21/h3,5-8,12-14H,1-2,4,9-11,15H2,(H,25,26)/b7-3+. The molecule has 0 saturated heterocycles. The maximum atomic E-state index is 12.6.